The maximum Gasteiger partial charge on any atom is 0.251 e. The zero-order valence-electron chi connectivity index (χ0n) is 12.1. The first-order valence-corrected chi connectivity index (χ1v) is 7.45. The van der Waals surface area contributed by atoms with Gasteiger partial charge in [0.05, 0.1) is 0 Å². The molecule has 1 aromatic rings. The van der Waals surface area contributed by atoms with Gasteiger partial charge in [-0.1, -0.05) is 6.07 Å². The zero-order valence-corrected chi connectivity index (χ0v) is 12.1. The van der Waals surface area contributed by atoms with Gasteiger partial charge in [-0.3, -0.25) is 4.79 Å². The molecular weight excluding hydrogens is 273 g/mol. The van der Waals surface area contributed by atoms with Gasteiger partial charge in [0.2, 0.25) is 0 Å². The van der Waals surface area contributed by atoms with Crippen LogP contribution in [0.25, 0.3) is 0 Å². The zero-order chi connectivity index (χ0) is 14.9. The Bertz CT molecular complexity index is 447. The third-order valence-corrected chi connectivity index (χ3v) is 3.53. The highest BCUT2D eigenvalue weighted by molar-refractivity contribution is 5.94. The van der Waals surface area contributed by atoms with Crippen LogP contribution < -0.4 is 5.32 Å². The summed E-state index contributed by atoms with van der Waals surface area (Å²) in [5, 5.41) is 2.76. The van der Waals surface area contributed by atoms with Gasteiger partial charge >= 0.3 is 0 Å². The van der Waals surface area contributed by atoms with Gasteiger partial charge in [0, 0.05) is 38.5 Å². The number of carbonyl (C=O) groups excluding carboxylic acids is 1. The maximum absolute atomic E-state index is 13.0. The van der Waals surface area contributed by atoms with E-state index in [1.54, 1.807) is 6.07 Å². The van der Waals surface area contributed by atoms with E-state index in [1.165, 1.54) is 18.2 Å². The molecule has 1 N–H and O–H groups in total. The van der Waals surface area contributed by atoms with Crippen LogP contribution in [-0.4, -0.2) is 38.9 Å². The largest absolute Gasteiger partial charge is 0.381 e. The van der Waals surface area contributed by atoms with Crippen LogP contribution in [0, 0.1) is 11.7 Å². The number of rotatable bonds is 7. The Balaban J connectivity index is 1.54. The summed E-state index contributed by atoms with van der Waals surface area (Å²) >= 11 is 0. The summed E-state index contributed by atoms with van der Waals surface area (Å²) in [6.45, 7) is 3.58. The predicted molar refractivity (Wildman–Crippen MR) is 77.7 cm³/mol. The summed E-state index contributed by atoms with van der Waals surface area (Å²) in [7, 11) is 0. The fraction of sp³-hybridized carbons (Fsp3) is 0.562. The molecule has 1 fully saturated rings. The molecule has 0 unspecified atom stereocenters. The molecule has 1 amide bonds. The molecular formula is C16H22FNO3. The second kappa shape index (κ2) is 8.74. The third kappa shape index (κ3) is 5.81. The van der Waals surface area contributed by atoms with Gasteiger partial charge in [0.1, 0.15) is 5.82 Å². The van der Waals surface area contributed by atoms with Gasteiger partial charge in [-0.25, -0.2) is 4.39 Å². The van der Waals surface area contributed by atoms with Crippen molar-refractivity contribution in [3.63, 3.8) is 0 Å². The van der Waals surface area contributed by atoms with E-state index in [2.05, 4.69) is 5.32 Å². The highest BCUT2D eigenvalue weighted by Gasteiger charge is 2.13. The van der Waals surface area contributed by atoms with Crippen molar-refractivity contribution in [2.24, 2.45) is 5.92 Å². The highest BCUT2D eigenvalue weighted by atomic mass is 19.1. The Morgan fingerprint density at radius 3 is 2.95 bits per heavy atom. The van der Waals surface area contributed by atoms with E-state index in [1.807, 2.05) is 0 Å². The second-order valence-corrected chi connectivity index (χ2v) is 5.25. The van der Waals surface area contributed by atoms with E-state index in [0.717, 1.165) is 39.1 Å². The Morgan fingerprint density at radius 2 is 2.19 bits per heavy atom. The van der Waals surface area contributed by atoms with Gasteiger partial charge in [-0.2, -0.15) is 0 Å². The van der Waals surface area contributed by atoms with Crippen molar-refractivity contribution in [3.05, 3.63) is 35.6 Å². The van der Waals surface area contributed by atoms with E-state index in [0.29, 0.717) is 24.6 Å². The van der Waals surface area contributed by atoms with Crippen molar-refractivity contribution in [1.29, 1.82) is 0 Å². The smallest absolute Gasteiger partial charge is 0.251 e. The van der Waals surface area contributed by atoms with Crippen LogP contribution in [-0.2, 0) is 9.47 Å². The van der Waals surface area contributed by atoms with Crippen LogP contribution >= 0.6 is 0 Å². The lowest BCUT2D eigenvalue weighted by atomic mass is 10.0. The molecule has 21 heavy (non-hydrogen) atoms. The van der Waals surface area contributed by atoms with Gasteiger partial charge in [-0.05, 0) is 43.4 Å². The number of carbonyl (C=O) groups is 1. The molecule has 1 saturated heterocycles. The van der Waals surface area contributed by atoms with Gasteiger partial charge in [-0.15, -0.1) is 0 Å². The number of hydrogen-bond acceptors (Lipinski definition) is 3. The Hall–Kier alpha value is -1.46. The number of amides is 1. The quantitative estimate of drug-likeness (QED) is 0.786. The van der Waals surface area contributed by atoms with Crippen LogP contribution in [0.1, 0.15) is 29.6 Å². The summed E-state index contributed by atoms with van der Waals surface area (Å²) < 4.78 is 23.9. The lowest BCUT2D eigenvalue weighted by molar-refractivity contribution is 0.0202. The molecule has 116 valence electrons. The minimum atomic E-state index is -0.401. The SMILES string of the molecule is O=C(NCCCOCC1CCOCC1)c1cccc(F)c1. The molecule has 0 aromatic heterocycles. The molecule has 1 aliphatic heterocycles. The second-order valence-electron chi connectivity index (χ2n) is 5.25. The Labute approximate surface area is 124 Å². The van der Waals surface area contributed by atoms with Crippen LogP contribution in [0.3, 0.4) is 0 Å². The summed E-state index contributed by atoms with van der Waals surface area (Å²) in [5.41, 5.74) is 0.345. The van der Waals surface area contributed by atoms with Crippen molar-refractivity contribution in [1.82, 2.24) is 5.32 Å². The lowest BCUT2D eigenvalue weighted by Crippen LogP contribution is -2.26. The van der Waals surface area contributed by atoms with Crippen molar-refractivity contribution in [2.75, 3.05) is 33.0 Å². The van der Waals surface area contributed by atoms with Crippen molar-refractivity contribution in [2.45, 2.75) is 19.3 Å². The molecule has 0 saturated carbocycles. The maximum atomic E-state index is 13.0. The van der Waals surface area contributed by atoms with E-state index >= 15 is 0 Å². The molecule has 0 aliphatic carbocycles. The van der Waals surface area contributed by atoms with Crippen LogP contribution in [0.5, 0.6) is 0 Å². The average Bonchev–Trinajstić information content (AvgIpc) is 2.51. The number of halogens is 1. The van der Waals surface area contributed by atoms with Gasteiger partial charge < -0.3 is 14.8 Å². The summed E-state index contributed by atoms with van der Waals surface area (Å²) in [5.74, 6) is -0.0537. The normalized spacial score (nSPS) is 15.9. The van der Waals surface area contributed by atoms with Crippen LogP contribution in [0.4, 0.5) is 4.39 Å². The minimum absolute atomic E-state index is 0.251. The van der Waals surface area contributed by atoms with Crippen molar-refractivity contribution in [3.8, 4) is 0 Å². The first-order chi connectivity index (χ1) is 10.3. The van der Waals surface area contributed by atoms with Crippen LogP contribution in [0.2, 0.25) is 0 Å². The molecule has 0 radical (unpaired) electrons. The molecule has 2 rings (SSSR count). The Kier molecular flexibility index (Phi) is 6.63. The lowest BCUT2D eigenvalue weighted by Gasteiger charge is -2.21. The molecule has 1 heterocycles. The molecule has 0 spiro atoms. The van der Waals surface area contributed by atoms with Crippen molar-refractivity contribution >= 4 is 5.91 Å². The summed E-state index contributed by atoms with van der Waals surface area (Å²) in [6.07, 6.45) is 2.89. The number of benzene rings is 1. The molecule has 5 heteroatoms. The number of ether oxygens (including phenoxy) is 2. The first kappa shape index (κ1) is 15.9. The number of nitrogens with one attached hydrogen (secondary N) is 1. The fourth-order valence-electron chi connectivity index (χ4n) is 2.27. The first-order valence-electron chi connectivity index (χ1n) is 7.45. The van der Waals surface area contributed by atoms with E-state index in [4.69, 9.17) is 9.47 Å². The molecule has 1 aromatic carbocycles. The average molecular weight is 295 g/mol. The highest BCUT2D eigenvalue weighted by Crippen LogP contribution is 2.14. The van der Waals surface area contributed by atoms with Gasteiger partial charge in [0.25, 0.3) is 5.91 Å². The molecule has 0 atom stereocenters. The third-order valence-electron chi connectivity index (χ3n) is 3.53. The molecule has 0 bridgehead atoms. The van der Waals surface area contributed by atoms with Crippen LogP contribution in [0.15, 0.2) is 24.3 Å². The van der Waals surface area contributed by atoms with Crippen molar-refractivity contribution < 1.29 is 18.7 Å². The topological polar surface area (TPSA) is 47.6 Å². The minimum Gasteiger partial charge on any atom is -0.381 e. The molecule has 4 nitrogen and oxygen atoms in total. The fourth-order valence-corrected chi connectivity index (χ4v) is 2.27. The molecule has 1 aliphatic rings. The van der Waals surface area contributed by atoms with E-state index in [9.17, 15) is 9.18 Å². The van der Waals surface area contributed by atoms with E-state index < -0.39 is 5.82 Å². The van der Waals surface area contributed by atoms with Gasteiger partial charge in [0.15, 0.2) is 0 Å². The summed E-state index contributed by atoms with van der Waals surface area (Å²) in [4.78, 5) is 11.7. The summed E-state index contributed by atoms with van der Waals surface area (Å²) in [6, 6.07) is 5.68. The number of hydrogen-bond donors (Lipinski definition) is 1. The van der Waals surface area contributed by atoms with E-state index in [-0.39, 0.29) is 5.91 Å². The standard InChI is InChI=1S/C16H22FNO3/c17-15-4-1-3-14(11-15)16(19)18-7-2-8-21-12-13-5-9-20-10-6-13/h1,3-4,11,13H,2,5-10,12H2,(H,18,19). The Morgan fingerprint density at radius 1 is 1.38 bits per heavy atom. The monoisotopic (exact) mass is 295 g/mol. The predicted octanol–water partition coefficient (Wildman–Crippen LogP) is 2.39.